The third kappa shape index (κ3) is 6.48. The van der Waals surface area contributed by atoms with E-state index in [2.05, 4.69) is 0 Å². The number of hydrogen-bond donors (Lipinski definition) is 1. The Morgan fingerprint density at radius 1 is 1.33 bits per heavy atom. The molecular formula is C7H12F2LiNO3S. The normalized spacial score (nSPS) is 22.1. The molecule has 0 spiro atoms. The molecule has 0 aromatic rings. The first kappa shape index (κ1) is 15.3. The monoisotopic (exact) mass is 235 g/mol. The van der Waals surface area contributed by atoms with Gasteiger partial charge in [-0.3, -0.25) is 0 Å². The van der Waals surface area contributed by atoms with E-state index in [-0.39, 0.29) is 57.0 Å². The van der Waals surface area contributed by atoms with Crippen molar-refractivity contribution in [2.75, 3.05) is 6.54 Å². The van der Waals surface area contributed by atoms with Crippen molar-refractivity contribution >= 4 is 10.3 Å². The first-order chi connectivity index (χ1) is 6.29. The minimum atomic E-state index is -4.44. The third-order valence-electron chi connectivity index (χ3n) is 2.39. The molecule has 84 valence electrons. The molecule has 0 atom stereocenters. The molecule has 0 bridgehead atoms. The van der Waals surface area contributed by atoms with Gasteiger partial charge in [-0.15, -0.1) is 0 Å². The van der Waals surface area contributed by atoms with E-state index in [0.717, 1.165) is 0 Å². The summed E-state index contributed by atoms with van der Waals surface area (Å²) in [5.74, 6) is -2.76. The number of alkyl halides is 2. The predicted molar refractivity (Wildman–Crippen MR) is 44.6 cm³/mol. The van der Waals surface area contributed by atoms with Gasteiger partial charge in [0.25, 0.3) is 0 Å². The Kier molecular flexibility index (Phi) is 5.72. The van der Waals surface area contributed by atoms with E-state index < -0.39 is 16.2 Å². The Balaban J connectivity index is 0.00000196. The molecule has 0 radical (unpaired) electrons. The van der Waals surface area contributed by atoms with Crippen molar-refractivity contribution in [3.8, 4) is 0 Å². The average molecular weight is 235 g/mol. The van der Waals surface area contributed by atoms with Gasteiger partial charge in [-0.1, -0.05) is 0 Å². The molecule has 0 heterocycles. The van der Waals surface area contributed by atoms with Crippen LogP contribution in [0, 0.1) is 5.92 Å². The van der Waals surface area contributed by atoms with E-state index in [4.69, 9.17) is 0 Å². The maximum atomic E-state index is 12.7. The first-order valence-corrected chi connectivity index (χ1v) is 5.78. The van der Waals surface area contributed by atoms with Crippen LogP contribution in [0.1, 0.15) is 25.7 Å². The Hall–Kier alpha value is 0.327. The van der Waals surface area contributed by atoms with Crippen LogP contribution in [-0.2, 0) is 10.3 Å². The van der Waals surface area contributed by atoms with Crippen molar-refractivity contribution in [2.45, 2.75) is 31.6 Å². The van der Waals surface area contributed by atoms with Crippen LogP contribution >= 0.6 is 0 Å². The Bertz CT molecular complexity index is 287. The molecule has 15 heavy (non-hydrogen) atoms. The van der Waals surface area contributed by atoms with Crippen LogP contribution in [0.25, 0.3) is 0 Å². The molecule has 1 aliphatic carbocycles. The van der Waals surface area contributed by atoms with Gasteiger partial charge in [0.2, 0.25) is 5.92 Å². The molecule has 0 aromatic heterocycles. The van der Waals surface area contributed by atoms with Crippen LogP contribution in [0.15, 0.2) is 0 Å². The number of halogens is 2. The van der Waals surface area contributed by atoms with Gasteiger partial charge in [0.05, 0.1) is 0 Å². The molecule has 0 aromatic carbocycles. The largest absolute Gasteiger partial charge is 1.00 e. The summed E-state index contributed by atoms with van der Waals surface area (Å²) < 4.78 is 57.7. The summed E-state index contributed by atoms with van der Waals surface area (Å²) in [6.07, 6.45) is 0.0710. The van der Waals surface area contributed by atoms with Gasteiger partial charge in [-0.25, -0.2) is 21.9 Å². The second kappa shape index (κ2) is 5.59. The predicted octanol–water partition coefficient (Wildman–Crippen LogP) is -2.13. The molecule has 1 fully saturated rings. The molecule has 1 aliphatic rings. The van der Waals surface area contributed by atoms with Crippen molar-refractivity contribution in [1.29, 1.82) is 0 Å². The Morgan fingerprint density at radius 3 is 2.20 bits per heavy atom. The summed E-state index contributed by atoms with van der Waals surface area (Å²) in [4.78, 5) is 0. The first-order valence-electron chi connectivity index (χ1n) is 4.37. The second-order valence-electron chi connectivity index (χ2n) is 3.60. The Labute approximate surface area is 99.9 Å². The van der Waals surface area contributed by atoms with Crippen LogP contribution in [0.4, 0.5) is 8.78 Å². The molecule has 1 N–H and O–H groups in total. The van der Waals surface area contributed by atoms with Crippen LogP contribution in [0.5, 0.6) is 0 Å². The van der Waals surface area contributed by atoms with Gasteiger partial charge in [0, 0.05) is 19.4 Å². The fourth-order valence-corrected chi connectivity index (χ4v) is 1.96. The van der Waals surface area contributed by atoms with Crippen molar-refractivity contribution in [1.82, 2.24) is 4.72 Å². The summed E-state index contributed by atoms with van der Waals surface area (Å²) in [7, 11) is -4.44. The van der Waals surface area contributed by atoms with Gasteiger partial charge in [0.15, 0.2) is 10.3 Å². The number of hydrogen-bond acceptors (Lipinski definition) is 3. The Morgan fingerprint density at radius 2 is 1.80 bits per heavy atom. The average Bonchev–Trinajstić information content (AvgIpc) is 2.01. The van der Waals surface area contributed by atoms with E-state index in [0.29, 0.717) is 0 Å². The number of rotatable bonds is 3. The van der Waals surface area contributed by atoms with Gasteiger partial charge in [0.1, 0.15) is 0 Å². The minimum absolute atomic E-state index is 0. The molecular weight excluding hydrogens is 223 g/mol. The van der Waals surface area contributed by atoms with Gasteiger partial charge >= 0.3 is 18.9 Å². The quantitative estimate of drug-likeness (QED) is 0.448. The summed E-state index contributed by atoms with van der Waals surface area (Å²) in [6, 6.07) is 0. The van der Waals surface area contributed by atoms with Crippen LogP contribution < -0.4 is 23.6 Å². The van der Waals surface area contributed by atoms with E-state index in [1.54, 1.807) is 4.72 Å². The van der Waals surface area contributed by atoms with E-state index in [1.165, 1.54) is 0 Å². The van der Waals surface area contributed by atoms with Gasteiger partial charge in [-0.2, -0.15) is 0 Å². The zero-order chi connectivity index (χ0) is 10.8. The van der Waals surface area contributed by atoms with Gasteiger partial charge < -0.3 is 4.55 Å². The zero-order valence-corrected chi connectivity index (χ0v) is 9.32. The smallest absolute Gasteiger partial charge is 0.735 e. The molecule has 0 aliphatic heterocycles. The van der Waals surface area contributed by atoms with Crippen molar-refractivity contribution in [2.24, 2.45) is 5.92 Å². The minimum Gasteiger partial charge on any atom is -0.735 e. The SMILES string of the molecule is O=S(=O)([O-])NCC1CCC(F)(F)CC1.[Li+]. The van der Waals surface area contributed by atoms with Crippen LogP contribution in [0.2, 0.25) is 0 Å². The standard InChI is InChI=1S/C7H13F2NO3S.Li/c8-7(9)3-1-6(2-4-7)5-10-14(11,12)13;/h6,10H,1-5H2,(H,11,12,13);/q;+1/p-1. The third-order valence-corrected chi connectivity index (χ3v) is 2.91. The number of nitrogens with one attached hydrogen (secondary N) is 1. The van der Waals surface area contributed by atoms with Crippen molar-refractivity contribution in [3.63, 3.8) is 0 Å². The second-order valence-corrected chi connectivity index (χ2v) is 4.80. The molecule has 0 saturated heterocycles. The van der Waals surface area contributed by atoms with E-state index >= 15 is 0 Å². The molecule has 1 saturated carbocycles. The van der Waals surface area contributed by atoms with Crippen LogP contribution in [-0.4, -0.2) is 25.4 Å². The molecule has 0 unspecified atom stereocenters. The summed E-state index contributed by atoms with van der Waals surface area (Å²) in [5, 5.41) is 0. The topological polar surface area (TPSA) is 69.2 Å². The molecule has 0 amide bonds. The van der Waals surface area contributed by atoms with Crippen molar-refractivity contribution < 1.29 is 40.6 Å². The van der Waals surface area contributed by atoms with E-state index in [1.807, 2.05) is 0 Å². The molecule has 8 heteroatoms. The molecule has 1 rings (SSSR count). The summed E-state index contributed by atoms with van der Waals surface area (Å²) in [6.45, 7) is -0.0259. The zero-order valence-electron chi connectivity index (χ0n) is 8.50. The maximum Gasteiger partial charge on any atom is 1.00 e. The summed E-state index contributed by atoms with van der Waals surface area (Å²) >= 11 is 0. The fourth-order valence-electron chi connectivity index (χ4n) is 1.52. The van der Waals surface area contributed by atoms with Crippen LogP contribution in [0.3, 0.4) is 0 Å². The maximum absolute atomic E-state index is 12.7. The van der Waals surface area contributed by atoms with Crippen molar-refractivity contribution in [3.05, 3.63) is 0 Å². The fraction of sp³-hybridized carbons (Fsp3) is 1.00. The van der Waals surface area contributed by atoms with E-state index in [9.17, 15) is 21.8 Å². The molecule has 4 nitrogen and oxygen atoms in total. The van der Waals surface area contributed by atoms with Gasteiger partial charge in [-0.05, 0) is 18.8 Å². The summed E-state index contributed by atoms with van der Waals surface area (Å²) in [5.41, 5.74) is 0.